The molecular formula is C15H15N3O2. The summed E-state index contributed by atoms with van der Waals surface area (Å²) < 4.78 is 1.60. The van der Waals surface area contributed by atoms with E-state index in [1.165, 1.54) is 0 Å². The number of nitrogens with zero attached hydrogens (tertiary/aromatic N) is 2. The molecular weight excluding hydrogens is 254 g/mol. The van der Waals surface area contributed by atoms with Gasteiger partial charge < -0.3 is 5.32 Å². The van der Waals surface area contributed by atoms with Gasteiger partial charge in [-0.15, -0.1) is 0 Å². The Labute approximate surface area is 116 Å². The highest BCUT2D eigenvalue weighted by Crippen LogP contribution is 2.27. The normalized spacial score (nSPS) is 13.3. The van der Waals surface area contributed by atoms with Crippen molar-refractivity contribution in [1.29, 1.82) is 0 Å². The first-order valence-electron chi connectivity index (χ1n) is 6.57. The van der Waals surface area contributed by atoms with Crippen LogP contribution in [-0.4, -0.2) is 28.5 Å². The fraction of sp³-hybridized carbons (Fsp3) is 0.267. The zero-order chi connectivity index (χ0) is 14.1. The minimum absolute atomic E-state index is 0.0841. The first-order valence-corrected chi connectivity index (χ1v) is 6.57. The van der Waals surface area contributed by atoms with Crippen LogP contribution in [0.2, 0.25) is 0 Å². The maximum absolute atomic E-state index is 11.6. The lowest BCUT2D eigenvalue weighted by Gasteiger charge is -2.02. The average molecular weight is 269 g/mol. The fourth-order valence-corrected chi connectivity index (χ4v) is 2.46. The molecule has 0 saturated heterocycles. The standard InChI is InChI=1S/C15H15N3O2/c1-16-15(20)9-18-8-12(7-17-18)10-2-4-13-11(6-10)3-5-14(13)19/h2,4,6-8H,3,5,9H2,1H3,(H,16,20). The molecule has 1 aromatic heterocycles. The van der Waals surface area contributed by atoms with Crippen LogP contribution in [0, 0.1) is 0 Å². The van der Waals surface area contributed by atoms with Gasteiger partial charge in [0.15, 0.2) is 5.78 Å². The average Bonchev–Trinajstić information content (AvgIpc) is 3.06. The van der Waals surface area contributed by atoms with Crippen molar-refractivity contribution in [3.05, 3.63) is 41.7 Å². The van der Waals surface area contributed by atoms with Gasteiger partial charge in [-0.3, -0.25) is 14.3 Å². The van der Waals surface area contributed by atoms with Crippen LogP contribution in [0.4, 0.5) is 0 Å². The van der Waals surface area contributed by atoms with E-state index in [4.69, 9.17) is 0 Å². The number of aryl methyl sites for hydroxylation is 1. The van der Waals surface area contributed by atoms with E-state index in [1.54, 1.807) is 17.9 Å². The van der Waals surface area contributed by atoms with Crippen molar-refractivity contribution in [3.63, 3.8) is 0 Å². The van der Waals surface area contributed by atoms with Crippen molar-refractivity contribution < 1.29 is 9.59 Å². The number of carbonyl (C=O) groups excluding carboxylic acids is 2. The summed E-state index contributed by atoms with van der Waals surface area (Å²) in [6.07, 6.45) is 5.00. The SMILES string of the molecule is CNC(=O)Cn1cc(-c2ccc3c(c2)CCC3=O)cn1. The summed E-state index contributed by atoms with van der Waals surface area (Å²) >= 11 is 0. The molecule has 2 aromatic rings. The van der Waals surface area contributed by atoms with Gasteiger partial charge in [0.2, 0.25) is 5.91 Å². The molecule has 0 bridgehead atoms. The van der Waals surface area contributed by atoms with Crippen LogP contribution in [-0.2, 0) is 17.8 Å². The molecule has 0 saturated carbocycles. The Kier molecular flexibility index (Phi) is 3.10. The number of aromatic nitrogens is 2. The van der Waals surface area contributed by atoms with Crippen molar-refractivity contribution >= 4 is 11.7 Å². The number of benzene rings is 1. The Morgan fingerprint density at radius 1 is 1.35 bits per heavy atom. The second-order valence-corrected chi connectivity index (χ2v) is 4.89. The first kappa shape index (κ1) is 12.6. The van der Waals surface area contributed by atoms with Gasteiger partial charge in [0, 0.05) is 30.8 Å². The van der Waals surface area contributed by atoms with Crippen LogP contribution >= 0.6 is 0 Å². The van der Waals surface area contributed by atoms with E-state index >= 15 is 0 Å². The van der Waals surface area contributed by atoms with Gasteiger partial charge in [0.25, 0.3) is 0 Å². The molecule has 1 heterocycles. The molecule has 0 radical (unpaired) electrons. The van der Waals surface area contributed by atoms with Crippen molar-refractivity contribution in [2.45, 2.75) is 19.4 Å². The molecule has 0 unspecified atom stereocenters. The minimum atomic E-state index is -0.0841. The lowest BCUT2D eigenvalue weighted by Crippen LogP contribution is -2.23. The molecule has 1 N–H and O–H groups in total. The van der Waals surface area contributed by atoms with Gasteiger partial charge >= 0.3 is 0 Å². The van der Waals surface area contributed by atoms with Gasteiger partial charge in [-0.1, -0.05) is 18.2 Å². The molecule has 0 aliphatic heterocycles. The molecule has 1 aromatic carbocycles. The second kappa shape index (κ2) is 4.92. The number of amides is 1. The summed E-state index contributed by atoms with van der Waals surface area (Å²) in [5.41, 5.74) is 3.93. The van der Waals surface area contributed by atoms with Gasteiger partial charge in [0.05, 0.1) is 6.20 Å². The number of hydrogen-bond acceptors (Lipinski definition) is 3. The van der Waals surface area contributed by atoms with E-state index in [0.29, 0.717) is 6.42 Å². The van der Waals surface area contributed by atoms with Crippen molar-refractivity contribution in [2.24, 2.45) is 0 Å². The van der Waals surface area contributed by atoms with Gasteiger partial charge in [-0.05, 0) is 17.5 Å². The van der Waals surface area contributed by atoms with E-state index in [1.807, 2.05) is 24.4 Å². The Bertz CT molecular complexity index is 688. The van der Waals surface area contributed by atoms with Crippen LogP contribution in [0.15, 0.2) is 30.6 Å². The molecule has 20 heavy (non-hydrogen) atoms. The molecule has 1 amide bonds. The Balaban J connectivity index is 1.87. The quantitative estimate of drug-likeness (QED) is 0.916. The first-order chi connectivity index (χ1) is 9.67. The van der Waals surface area contributed by atoms with E-state index in [0.717, 1.165) is 28.7 Å². The number of ketones is 1. The number of nitrogens with one attached hydrogen (secondary N) is 1. The molecule has 3 rings (SSSR count). The number of Topliss-reactive ketones (excluding diaryl/α,β-unsaturated/α-hetero) is 1. The smallest absolute Gasteiger partial charge is 0.241 e. The van der Waals surface area contributed by atoms with Crippen LogP contribution in [0.1, 0.15) is 22.3 Å². The van der Waals surface area contributed by atoms with Gasteiger partial charge in [-0.2, -0.15) is 5.10 Å². The lowest BCUT2D eigenvalue weighted by atomic mass is 10.0. The molecule has 5 heteroatoms. The fourth-order valence-electron chi connectivity index (χ4n) is 2.46. The third kappa shape index (κ3) is 2.22. The highest BCUT2D eigenvalue weighted by atomic mass is 16.2. The predicted octanol–water partition coefficient (Wildman–Crippen LogP) is 1.42. The Hall–Kier alpha value is -2.43. The van der Waals surface area contributed by atoms with Crippen LogP contribution in [0.3, 0.4) is 0 Å². The highest BCUT2D eigenvalue weighted by molar-refractivity contribution is 6.00. The number of carbonyl (C=O) groups is 2. The van der Waals surface area contributed by atoms with Crippen LogP contribution < -0.4 is 5.32 Å². The molecule has 1 aliphatic carbocycles. The van der Waals surface area contributed by atoms with Crippen LogP contribution in [0.25, 0.3) is 11.1 Å². The van der Waals surface area contributed by atoms with Crippen LogP contribution in [0.5, 0.6) is 0 Å². The summed E-state index contributed by atoms with van der Waals surface area (Å²) in [7, 11) is 1.60. The summed E-state index contributed by atoms with van der Waals surface area (Å²) in [5, 5.41) is 6.74. The minimum Gasteiger partial charge on any atom is -0.358 e. The monoisotopic (exact) mass is 269 g/mol. The molecule has 0 fully saturated rings. The maximum Gasteiger partial charge on any atom is 0.241 e. The third-order valence-corrected chi connectivity index (χ3v) is 3.58. The summed E-state index contributed by atoms with van der Waals surface area (Å²) in [6.45, 7) is 0.208. The third-order valence-electron chi connectivity index (χ3n) is 3.58. The van der Waals surface area contributed by atoms with E-state index in [-0.39, 0.29) is 18.2 Å². The maximum atomic E-state index is 11.6. The molecule has 0 spiro atoms. The molecule has 102 valence electrons. The lowest BCUT2D eigenvalue weighted by molar-refractivity contribution is -0.121. The predicted molar refractivity (Wildman–Crippen MR) is 74.4 cm³/mol. The molecule has 0 atom stereocenters. The number of likely N-dealkylation sites (N-methyl/N-ethyl adjacent to an activating group) is 1. The van der Waals surface area contributed by atoms with Gasteiger partial charge in [-0.25, -0.2) is 0 Å². The molecule has 1 aliphatic rings. The number of fused-ring (bicyclic) bond motifs is 1. The summed E-state index contributed by atoms with van der Waals surface area (Å²) in [5.74, 6) is 0.140. The van der Waals surface area contributed by atoms with Crippen molar-refractivity contribution in [1.82, 2.24) is 15.1 Å². The number of hydrogen-bond donors (Lipinski definition) is 1. The van der Waals surface area contributed by atoms with E-state index < -0.39 is 0 Å². The number of rotatable bonds is 3. The summed E-state index contributed by atoms with van der Waals surface area (Å²) in [6, 6.07) is 5.86. The Morgan fingerprint density at radius 2 is 2.20 bits per heavy atom. The zero-order valence-electron chi connectivity index (χ0n) is 11.2. The van der Waals surface area contributed by atoms with Crippen molar-refractivity contribution in [2.75, 3.05) is 7.05 Å². The largest absolute Gasteiger partial charge is 0.358 e. The Morgan fingerprint density at radius 3 is 3.00 bits per heavy atom. The van der Waals surface area contributed by atoms with Crippen molar-refractivity contribution in [3.8, 4) is 11.1 Å². The topological polar surface area (TPSA) is 64.0 Å². The zero-order valence-corrected chi connectivity index (χ0v) is 11.2. The molecule has 5 nitrogen and oxygen atoms in total. The van der Waals surface area contributed by atoms with E-state index in [9.17, 15) is 9.59 Å². The summed E-state index contributed by atoms with van der Waals surface area (Å²) in [4.78, 5) is 22.9. The van der Waals surface area contributed by atoms with E-state index in [2.05, 4.69) is 10.4 Å². The highest BCUT2D eigenvalue weighted by Gasteiger charge is 2.19. The van der Waals surface area contributed by atoms with Gasteiger partial charge in [0.1, 0.15) is 6.54 Å². The second-order valence-electron chi connectivity index (χ2n) is 4.89.